The van der Waals surface area contributed by atoms with Crippen LogP contribution in [0.3, 0.4) is 0 Å². The van der Waals surface area contributed by atoms with E-state index in [2.05, 4.69) is 9.88 Å². The summed E-state index contributed by atoms with van der Waals surface area (Å²) in [7, 11) is 3.94. The Morgan fingerprint density at radius 3 is 2.71 bits per heavy atom. The minimum atomic E-state index is -0.0455. The molecule has 0 radical (unpaired) electrons. The number of piperazine rings is 1. The molecule has 2 aromatic heterocycles. The topological polar surface area (TPSA) is 61.2 Å². The number of rotatable bonds is 4. The number of aromatic nitrogens is 2. The van der Waals surface area contributed by atoms with E-state index in [1.165, 1.54) is 11.3 Å². The lowest BCUT2D eigenvalue weighted by Gasteiger charge is -2.34. The van der Waals surface area contributed by atoms with Gasteiger partial charge in [-0.05, 0) is 18.2 Å². The van der Waals surface area contributed by atoms with Crippen molar-refractivity contribution >= 4 is 27.9 Å². The van der Waals surface area contributed by atoms with Crippen molar-refractivity contribution in [3.8, 4) is 0 Å². The molecule has 1 aliphatic heterocycles. The maximum Gasteiger partial charge on any atom is 0.258 e. The third kappa shape index (κ3) is 3.79. The van der Waals surface area contributed by atoms with E-state index in [4.69, 9.17) is 0 Å². The molecule has 1 saturated heterocycles. The quantitative estimate of drug-likeness (QED) is 0.672. The van der Waals surface area contributed by atoms with Crippen LogP contribution in [0.2, 0.25) is 0 Å². The van der Waals surface area contributed by atoms with Crippen molar-refractivity contribution in [3.63, 3.8) is 0 Å². The summed E-state index contributed by atoms with van der Waals surface area (Å²) < 4.78 is 1.56. The van der Waals surface area contributed by atoms with Gasteiger partial charge in [0.05, 0.1) is 5.69 Å². The van der Waals surface area contributed by atoms with Crippen molar-refractivity contribution in [2.45, 2.75) is 6.54 Å². The van der Waals surface area contributed by atoms with Crippen LogP contribution in [-0.2, 0) is 6.54 Å². The van der Waals surface area contributed by atoms with Gasteiger partial charge in [-0.25, -0.2) is 4.98 Å². The molecule has 0 N–H and O–H groups in total. The molecule has 3 heterocycles. The summed E-state index contributed by atoms with van der Waals surface area (Å²) in [5.74, 6) is 0.0692. The molecule has 1 aliphatic rings. The van der Waals surface area contributed by atoms with Gasteiger partial charge >= 0.3 is 0 Å². The average Bonchev–Trinajstić information content (AvgIpc) is 3.17. The van der Waals surface area contributed by atoms with Gasteiger partial charge < -0.3 is 9.80 Å². The lowest BCUT2D eigenvalue weighted by molar-refractivity contribution is 0.0627. The zero-order chi connectivity index (χ0) is 19.7. The second-order valence-corrected chi connectivity index (χ2v) is 8.03. The number of carbonyl (C=O) groups is 1. The number of fused-ring (bicyclic) bond motifs is 1. The fourth-order valence-electron chi connectivity index (χ4n) is 3.41. The Morgan fingerprint density at radius 1 is 1.18 bits per heavy atom. The highest BCUT2D eigenvalue weighted by molar-refractivity contribution is 7.15. The summed E-state index contributed by atoms with van der Waals surface area (Å²) in [6, 6.07) is 9.32. The van der Waals surface area contributed by atoms with Crippen molar-refractivity contribution in [1.29, 1.82) is 0 Å². The van der Waals surface area contributed by atoms with Crippen LogP contribution in [0.25, 0.3) is 4.96 Å². The number of amides is 1. The summed E-state index contributed by atoms with van der Waals surface area (Å²) in [4.78, 5) is 36.4. The lowest BCUT2D eigenvalue weighted by atomic mass is 10.1. The first-order chi connectivity index (χ1) is 13.5. The third-order valence-corrected chi connectivity index (χ3v) is 5.77. The summed E-state index contributed by atoms with van der Waals surface area (Å²) in [6.07, 6.45) is 1.74. The van der Waals surface area contributed by atoms with E-state index >= 15 is 0 Å². The van der Waals surface area contributed by atoms with Crippen LogP contribution < -0.4 is 10.5 Å². The fourth-order valence-corrected chi connectivity index (χ4v) is 4.15. The molecule has 1 amide bonds. The van der Waals surface area contributed by atoms with Crippen LogP contribution in [0.5, 0.6) is 0 Å². The predicted molar refractivity (Wildman–Crippen MR) is 111 cm³/mol. The molecule has 1 aromatic carbocycles. The van der Waals surface area contributed by atoms with Crippen molar-refractivity contribution in [2.75, 3.05) is 45.2 Å². The van der Waals surface area contributed by atoms with Crippen molar-refractivity contribution in [3.05, 3.63) is 63.5 Å². The monoisotopic (exact) mass is 397 g/mol. The number of hydrogen-bond donors (Lipinski definition) is 0. The van der Waals surface area contributed by atoms with Crippen LogP contribution in [-0.4, -0.2) is 65.4 Å². The molecular formula is C20H23N5O2S. The molecule has 1 fully saturated rings. The third-order valence-electron chi connectivity index (χ3n) is 5.01. The SMILES string of the molecule is CN(C)c1cccc(C(=O)N2CCN(Cc3cc(=O)n4ccsc4n3)CC2)c1. The molecule has 0 unspecified atom stereocenters. The van der Waals surface area contributed by atoms with Crippen LogP contribution in [0, 0.1) is 0 Å². The van der Waals surface area contributed by atoms with Gasteiger partial charge in [0.1, 0.15) is 0 Å². The van der Waals surface area contributed by atoms with E-state index in [0.717, 1.165) is 35.0 Å². The number of hydrogen-bond acceptors (Lipinski definition) is 6. The van der Waals surface area contributed by atoms with Gasteiger partial charge in [-0.1, -0.05) is 6.07 Å². The molecule has 3 aromatic rings. The molecule has 0 saturated carbocycles. The first-order valence-corrected chi connectivity index (χ1v) is 10.1. The van der Waals surface area contributed by atoms with Crippen molar-refractivity contribution < 1.29 is 4.79 Å². The minimum Gasteiger partial charge on any atom is -0.378 e. The van der Waals surface area contributed by atoms with Gasteiger partial charge in [0.25, 0.3) is 11.5 Å². The Balaban J connectivity index is 1.39. The summed E-state index contributed by atoms with van der Waals surface area (Å²) in [5, 5.41) is 1.86. The van der Waals surface area contributed by atoms with Gasteiger partial charge in [0, 0.05) is 75.7 Å². The molecule has 146 valence electrons. The number of anilines is 1. The van der Waals surface area contributed by atoms with Crippen LogP contribution >= 0.6 is 11.3 Å². The van der Waals surface area contributed by atoms with E-state index in [1.54, 1.807) is 16.7 Å². The highest BCUT2D eigenvalue weighted by Crippen LogP contribution is 2.17. The Hall–Kier alpha value is -2.71. The van der Waals surface area contributed by atoms with Crippen LogP contribution in [0.1, 0.15) is 16.1 Å². The highest BCUT2D eigenvalue weighted by atomic mass is 32.1. The predicted octanol–water partition coefficient (Wildman–Crippen LogP) is 1.78. The lowest BCUT2D eigenvalue weighted by Crippen LogP contribution is -2.48. The summed E-state index contributed by atoms with van der Waals surface area (Å²) in [6.45, 7) is 3.51. The van der Waals surface area contributed by atoms with Gasteiger partial charge in [-0.3, -0.25) is 18.9 Å². The van der Waals surface area contributed by atoms with Gasteiger partial charge in [0.2, 0.25) is 0 Å². The molecule has 0 aliphatic carbocycles. The maximum atomic E-state index is 12.8. The van der Waals surface area contributed by atoms with E-state index in [0.29, 0.717) is 19.6 Å². The molecular weight excluding hydrogens is 374 g/mol. The first kappa shape index (κ1) is 18.6. The van der Waals surface area contributed by atoms with E-state index in [9.17, 15) is 9.59 Å². The first-order valence-electron chi connectivity index (χ1n) is 9.26. The smallest absolute Gasteiger partial charge is 0.258 e. The number of nitrogens with zero attached hydrogens (tertiary/aromatic N) is 5. The molecule has 0 bridgehead atoms. The zero-order valence-corrected chi connectivity index (χ0v) is 16.9. The molecule has 28 heavy (non-hydrogen) atoms. The van der Waals surface area contributed by atoms with Crippen LogP contribution in [0.4, 0.5) is 5.69 Å². The zero-order valence-electron chi connectivity index (χ0n) is 16.0. The number of carbonyl (C=O) groups excluding carboxylic acids is 1. The second kappa shape index (κ2) is 7.73. The van der Waals surface area contributed by atoms with Crippen molar-refractivity contribution in [1.82, 2.24) is 19.2 Å². The number of thiazole rings is 1. The second-order valence-electron chi connectivity index (χ2n) is 7.15. The molecule has 0 atom stereocenters. The Kier molecular flexibility index (Phi) is 5.15. The van der Waals surface area contributed by atoms with Gasteiger partial charge in [-0.2, -0.15) is 0 Å². The van der Waals surface area contributed by atoms with E-state index < -0.39 is 0 Å². The molecule has 7 nitrogen and oxygen atoms in total. The van der Waals surface area contributed by atoms with Crippen molar-refractivity contribution in [2.24, 2.45) is 0 Å². The maximum absolute atomic E-state index is 12.8. The van der Waals surface area contributed by atoms with Gasteiger partial charge in [0.15, 0.2) is 4.96 Å². The highest BCUT2D eigenvalue weighted by Gasteiger charge is 2.23. The van der Waals surface area contributed by atoms with Crippen LogP contribution in [0.15, 0.2) is 46.7 Å². The average molecular weight is 398 g/mol. The fraction of sp³-hybridized carbons (Fsp3) is 0.350. The normalized spacial score (nSPS) is 15.1. The largest absolute Gasteiger partial charge is 0.378 e. The summed E-state index contributed by atoms with van der Waals surface area (Å²) >= 11 is 1.46. The molecule has 4 rings (SSSR count). The minimum absolute atomic E-state index is 0.0455. The summed E-state index contributed by atoms with van der Waals surface area (Å²) in [5.41, 5.74) is 2.48. The standard InChI is InChI=1S/C20H23N5O2S/c1-22(2)17-5-3-4-15(12-17)19(27)24-8-6-23(7-9-24)14-16-13-18(26)25-10-11-28-20(25)21-16/h3-5,10-13H,6-9,14H2,1-2H3. The van der Waals surface area contributed by atoms with E-state index in [1.807, 2.05) is 53.5 Å². The van der Waals surface area contributed by atoms with Gasteiger partial charge in [-0.15, -0.1) is 11.3 Å². The van der Waals surface area contributed by atoms with E-state index in [-0.39, 0.29) is 11.5 Å². The molecule has 8 heteroatoms. The Bertz CT molecular complexity index is 1050. The Labute approximate surface area is 167 Å². The molecule has 0 spiro atoms. The number of benzene rings is 1. The Morgan fingerprint density at radius 2 is 1.96 bits per heavy atom.